The summed E-state index contributed by atoms with van der Waals surface area (Å²) in [7, 11) is 0. The van der Waals surface area contributed by atoms with Gasteiger partial charge in [-0.05, 0) is 0 Å². The van der Waals surface area contributed by atoms with E-state index in [0.29, 0.717) is 22.5 Å². The molecule has 0 saturated carbocycles. The second-order valence-corrected chi connectivity index (χ2v) is 4.46. The van der Waals surface area contributed by atoms with Gasteiger partial charge in [0.2, 0.25) is 0 Å². The normalized spacial score (nSPS) is 10.1. The molecule has 2 heterocycles. The number of nitrogens with zero attached hydrogens (tertiary/aromatic N) is 2. The predicted octanol–water partition coefficient (Wildman–Crippen LogP) is 2.06. The number of thiazole rings is 1. The van der Waals surface area contributed by atoms with E-state index in [9.17, 15) is 0 Å². The standard InChI is InChI=1S/C9H9ClN4OS/c10-6-1-7(3-12-2-6)15-5-8-4-13-9(14-11)16-8/h1-4H,5,11H2,(H,13,14). The largest absolute Gasteiger partial charge is 0.486 e. The number of hydrazine groups is 1. The molecule has 7 heteroatoms. The van der Waals surface area contributed by atoms with Gasteiger partial charge in [-0.25, -0.2) is 10.8 Å². The van der Waals surface area contributed by atoms with E-state index in [4.69, 9.17) is 22.2 Å². The quantitative estimate of drug-likeness (QED) is 0.647. The Balaban J connectivity index is 1.96. The van der Waals surface area contributed by atoms with Crippen LogP contribution in [0.4, 0.5) is 5.13 Å². The highest BCUT2D eigenvalue weighted by molar-refractivity contribution is 7.15. The third-order valence-electron chi connectivity index (χ3n) is 1.74. The molecule has 0 fully saturated rings. The lowest BCUT2D eigenvalue weighted by Crippen LogP contribution is -2.05. The number of halogens is 1. The van der Waals surface area contributed by atoms with Crippen LogP contribution in [0.2, 0.25) is 5.02 Å². The summed E-state index contributed by atoms with van der Waals surface area (Å²) >= 11 is 7.21. The van der Waals surface area contributed by atoms with E-state index in [0.717, 1.165) is 4.88 Å². The molecule has 16 heavy (non-hydrogen) atoms. The first-order valence-electron chi connectivity index (χ1n) is 4.42. The van der Waals surface area contributed by atoms with E-state index in [1.807, 2.05) is 0 Å². The zero-order valence-electron chi connectivity index (χ0n) is 8.18. The summed E-state index contributed by atoms with van der Waals surface area (Å²) in [6.45, 7) is 0.418. The Hall–Kier alpha value is -1.37. The Kier molecular flexibility index (Phi) is 3.55. The number of anilines is 1. The number of ether oxygens (including phenoxy) is 1. The van der Waals surface area contributed by atoms with Gasteiger partial charge in [0.05, 0.1) is 16.1 Å². The zero-order chi connectivity index (χ0) is 11.4. The molecule has 2 aromatic rings. The van der Waals surface area contributed by atoms with Crippen molar-refractivity contribution in [3.63, 3.8) is 0 Å². The van der Waals surface area contributed by atoms with Crippen molar-refractivity contribution in [2.75, 3.05) is 5.43 Å². The van der Waals surface area contributed by atoms with Crippen LogP contribution in [0.15, 0.2) is 24.7 Å². The first-order chi connectivity index (χ1) is 7.78. The highest BCUT2D eigenvalue weighted by Gasteiger charge is 2.02. The van der Waals surface area contributed by atoms with Gasteiger partial charge in [-0.2, -0.15) is 0 Å². The molecule has 0 atom stereocenters. The maximum atomic E-state index is 5.77. The average Bonchev–Trinajstić information content (AvgIpc) is 2.74. The molecule has 0 aliphatic rings. The van der Waals surface area contributed by atoms with E-state index < -0.39 is 0 Å². The molecule has 84 valence electrons. The van der Waals surface area contributed by atoms with Crippen molar-refractivity contribution in [2.45, 2.75) is 6.61 Å². The molecule has 0 radical (unpaired) electrons. The Morgan fingerprint density at radius 1 is 1.44 bits per heavy atom. The molecule has 0 saturated heterocycles. The van der Waals surface area contributed by atoms with Gasteiger partial charge in [-0.1, -0.05) is 22.9 Å². The third-order valence-corrected chi connectivity index (χ3v) is 2.85. The van der Waals surface area contributed by atoms with Crippen molar-refractivity contribution in [1.82, 2.24) is 9.97 Å². The first-order valence-corrected chi connectivity index (χ1v) is 5.62. The SMILES string of the molecule is NNc1ncc(COc2cncc(Cl)c2)s1. The van der Waals surface area contributed by atoms with Crippen LogP contribution in [-0.4, -0.2) is 9.97 Å². The molecule has 0 aromatic carbocycles. The minimum atomic E-state index is 0.418. The lowest BCUT2D eigenvalue weighted by Gasteiger charge is -2.03. The summed E-state index contributed by atoms with van der Waals surface area (Å²) in [6.07, 6.45) is 4.87. The van der Waals surface area contributed by atoms with Crippen LogP contribution in [0.25, 0.3) is 0 Å². The fourth-order valence-electron chi connectivity index (χ4n) is 1.07. The molecule has 5 nitrogen and oxygen atoms in total. The molecule has 0 unspecified atom stereocenters. The molecule has 0 spiro atoms. The molecule has 0 aliphatic carbocycles. The fourth-order valence-corrected chi connectivity index (χ4v) is 1.87. The van der Waals surface area contributed by atoms with Crippen LogP contribution in [-0.2, 0) is 6.61 Å². The maximum Gasteiger partial charge on any atom is 0.197 e. The summed E-state index contributed by atoms with van der Waals surface area (Å²) in [4.78, 5) is 8.91. The van der Waals surface area contributed by atoms with Crippen molar-refractivity contribution in [3.8, 4) is 5.75 Å². The number of nitrogens with two attached hydrogens (primary N) is 1. The monoisotopic (exact) mass is 256 g/mol. The topological polar surface area (TPSA) is 73.1 Å². The fraction of sp³-hybridized carbons (Fsp3) is 0.111. The van der Waals surface area contributed by atoms with E-state index in [1.54, 1.807) is 24.7 Å². The van der Waals surface area contributed by atoms with E-state index in [1.165, 1.54) is 11.3 Å². The van der Waals surface area contributed by atoms with Crippen molar-refractivity contribution in [1.29, 1.82) is 0 Å². The van der Waals surface area contributed by atoms with Gasteiger partial charge in [-0.3, -0.25) is 10.4 Å². The Morgan fingerprint density at radius 2 is 2.31 bits per heavy atom. The Morgan fingerprint density at radius 3 is 3.00 bits per heavy atom. The summed E-state index contributed by atoms with van der Waals surface area (Å²) < 4.78 is 5.49. The number of nitrogen functional groups attached to an aromatic ring is 1. The zero-order valence-corrected chi connectivity index (χ0v) is 9.76. The van der Waals surface area contributed by atoms with Crippen LogP contribution in [0.3, 0.4) is 0 Å². The van der Waals surface area contributed by atoms with Gasteiger partial charge < -0.3 is 4.74 Å². The third kappa shape index (κ3) is 2.82. The smallest absolute Gasteiger partial charge is 0.197 e. The lowest BCUT2D eigenvalue weighted by molar-refractivity contribution is 0.308. The van der Waals surface area contributed by atoms with Gasteiger partial charge in [0, 0.05) is 18.5 Å². The van der Waals surface area contributed by atoms with E-state index in [2.05, 4.69) is 15.4 Å². The number of hydrogen-bond donors (Lipinski definition) is 2. The Labute approximate surface area is 101 Å². The molecule has 0 amide bonds. The molecule has 3 N–H and O–H groups in total. The molecule has 0 aliphatic heterocycles. The number of pyridine rings is 1. The van der Waals surface area contributed by atoms with Crippen LogP contribution >= 0.6 is 22.9 Å². The van der Waals surface area contributed by atoms with E-state index in [-0.39, 0.29) is 0 Å². The number of rotatable bonds is 4. The number of nitrogens with one attached hydrogen (secondary N) is 1. The van der Waals surface area contributed by atoms with Gasteiger partial charge in [0.1, 0.15) is 12.4 Å². The van der Waals surface area contributed by atoms with Crippen molar-refractivity contribution >= 4 is 28.1 Å². The second kappa shape index (κ2) is 5.11. The van der Waals surface area contributed by atoms with Crippen LogP contribution < -0.4 is 16.0 Å². The number of hydrogen-bond acceptors (Lipinski definition) is 6. The van der Waals surface area contributed by atoms with Crippen molar-refractivity contribution in [3.05, 3.63) is 34.6 Å². The van der Waals surface area contributed by atoms with Crippen LogP contribution in [0.5, 0.6) is 5.75 Å². The molecule has 2 aromatic heterocycles. The molecular formula is C9H9ClN4OS. The Bertz CT molecular complexity index is 476. The lowest BCUT2D eigenvalue weighted by atomic mass is 10.4. The molecule has 2 rings (SSSR count). The second-order valence-electron chi connectivity index (χ2n) is 2.90. The van der Waals surface area contributed by atoms with Crippen LogP contribution in [0.1, 0.15) is 4.88 Å². The molecular weight excluding hydrogens is 248 g/mol. The summed E-state index contributed by atoms with van der Waals surface area (Å²) in [5, 5.41) is 1.20. The minimum absolute atomic E-state index is 0.418. The molecule has 0 bridgehead atoms. The summed E-state index contributed by atoms with van der Waals surface area (Å²) in [5.74, 6) is 5.85. The average molecular weight is 257 g/mol. The van der Waals surface area contributed by atoms with Gasteiger partial charge in [0.25, 0.3) is 0 Å². The summed E-state index contributed by atoms with van der Waals surface area (Å²) in [5.41, 5.74) is 2.47. The van der Waals surface area contributed by atoms with E-state index >= 15 is 0 Å². The predicted molar refractivity (Wildman–Crippen MR) is 63.5 cm³/mol. The summed E-state index contributed by atoms with van der Waals surface area (Å²) in [6, 6.07) is 1.71. The maximum absolute atomic E-state index is 5.77. The highest BCUT2D eigenvalue weighted by Crippen LogP contribution is 2.20. The van der Waals surface area contributed by atoms with Crippen molar-refractivity contribution < 1.29 is 4.74 Å². The number of aromatic nitrogens is 2. The van der Waals surface area contributed by atoms with Crippen LogP contribution in [0, 0.1) is 0 Å². The van der Waals surface area contributed by atoms with Gasteiger partial charge >= 0.3 is 0 Å². The minimum Gasteiger partial charge on any atom is -0.486 e. The first kappa shape index (κ1) is 11.1. The highest BCUT2D eigenvalue weighted by atomic mass is 35.5. The van der Waals surface area contributed by atoms with Crippen molar-refractivity contribution in [2.24, 2.45) is 5.84 Å². The van der Waals surface area contributed by atoms with Gasteiger partial charge in [-0.15, -0.1) is 0 Å². The van der Waals surface area contributed by atoms with Gasteiger partial charge in [0.15, 0.2) is 5.13 Å².